The molecule has 0 bridgehead atoms. The molecule has 29 heavy (non-hydrogen) atoms. The van der Waals surface area contributed by atoms with E-state index in [2.05, 4.69) is 10.6 Å². The summed E-state index contributed by atoms with van der Waals surface area (Å²) >= 11 is 0. The topological polar surface area (TPSA) is 87.7 Å². The first-order chi connectivity index (χ1) is 14.1. The van der Waals surface area contributed by atoms with Crippen molar-refractivity contribution < 1.29 is 19.1 Å². The van der Waals surface area contributed by atoms with Gasteiger partial charge < -0.3 is 20.3 Å². The molecule has 1 aliphatic carbocycles. The van der Waals surface area contributed by atoms with Crippen LogP contribution in [0.4, 0.5) is 11.4 Å². The summed E-state index contributed by atoms with van der Waals surface area (Å²) in [5.41, 5.74) is 1.24. The number of amides is 3. The first-order valence-corrected chi connectivity index (χ1v) is 10.6. The van der Waals surface area contributed by atoms with E-state index in [0.29, 0.717) is 42.4 Å². The fraction of sp³-hybridized carbons (Fsp3) is 0.591. The minimum absolute atomic E-state index is 0.0600. The summed E-state index contributed by atoms with van der Waals surface area (Å²) in [5.74, 6) is 0.745. The Labute approximate surface area is 172 Å². The van der Waals surface area contributed by atoms with Crippen LogP contribution >= 0.6 is 0 Å². The van der Waals surface area contributed by atoms with Gasteiger partial charge in [-0.05, 0) is 49.8 Å². The molecular weight excluding hydrogens is 370 g/mol. The first-order valence-electron chi connectivity index (χ1n) is 10.6. The Morgan fingerprint density at radius 2 is 1.90 bits per heavy atom. The highest BCUT2D eigenvalue weighted by Crippen LogP contribution is 2.33. The normalized spacial score (nSPS) is 17.7. The second-order valence-electron chi connectivity index (χ2n) is 7.92. The summed E-state index contributed by atoms with van der Waals surface area (Å²) in [6.45, 7) is 0.583. The summed E-state index contributed by atoms with van der Waals surface area (Å²) in [7, 11) is 1.56. The van der Waals surface area contributed by atoms with Crippen molar-refractivity contribution in [3.63, 3.8) is 0 Å². The van der Waals surface area contributed by atoms with Crippen molar-refractivity contribution in [3.05, 3.63) is 18.2 Å². The molecule has 2 aliphatic rings. The summed E-state index contributed by atoms with van der Waals surface area (Å²) in [4.78, 5) is 38.4. The van der Waals surface area contributed by atoms with E-state index in [0.717, 1.165) is 25.7 Å². The van der Waals surface area contributed by atoms with Gasteiger partial charge in [0.2, 0.25) is 17.7 Å². The molecule has 0 atom stereocenters. The number of carbonyl (C=O) groups excluding carboxylic acids is 3. The Hall–Kier alpha value is -2.57. The summed E-state index contributed by atoms with van der Waals surface area (Å²) in [6.07, 6.45) is 8.70. The smallest absolute Gasteiger partial charge is 0.243 e. The van der Waals surface area contributed by atoms with Crippen LogP contribution in [0.2, 0.25) is 0 Å². The summed E-state index contributed by atoms with van der Waals surface area (Å²) in [5, 5.41) is 5.52. The molecule has 0 radical (unpaired) electrons. The molecule has 1 aromatic carbocycles. The molecule has 158 valence electrons. The zero-order chi connectivity index (χ0) is 20.6. The fourth-order valence-corrected chi connectivity index (χ4v) is 4.15. The lowest BCUT2D eigenvalue weighted by Gasteiger charge is -2.28. The standard InChI is InChI=1S/C22H31N3O4/c1-29-19-11-10-17(14-18(19)25-12-6-5-9-22(25)28)24-21(27)15-23-20(26)13-16-7-3-2-4-8-16/h10-11,14,16H,2-9,12-13,15H2,1H3,(H,23,26)(H,24,27). The number of nitrogens with one attached hydrogen (secondary N) is 2. The molecule has 0 unspecified atom stereocenters. The summed E-state index contributed by atoms with van der Waals surface area (Å²) in [6, 6.07) is 5.23. The van der Waals surface area contributed by atoms with Crippen LogP contribution in [-0.2, 0) is 14.4 Å². The number of anilines is 2. The van der Waals surface area contributed by atoms with Crippen LogP contribution in [0.3, 0.4) is 0 Å². The molecule has 1 aromatic rings. The number of hydrogen-bond acceptors (Lipinski definition) is 4. The van der Waals surface area contributed by atoms with Gasteiger partial charge in [0.1, 0.15) is 5.75 Å². The maximum absolute atomic E-state index is 12.3. The minimum atomic E-state index is -0.289. The van der Waals surface area contributed by atoms with Crippen LogP contribution in [-0.4, -0.2) is 37.9 Å². The molecule has 7 nitrogen and oxygen atoms in total. The molecule has 2 fully saturated rings. The van der Waals surface area contributed by atoms with Gasteiger partial charge in [0.05, 0.1) is 19.3 Å². The summed E-state index contributed by atoms with van der Waals surface area (Å²) < 4.78 is 5.39. The predicted octanol–water partition coefficient (Wildman–Crippen LogP) is 3.24. The van der Waals surface area contributed by atoms with Crippen molar-refractivity contribution >= 4 is 29.1 Å². The lowest BCUT2D eigenvalue weighted by atomic mass is 9.87. The number of carbonyl (C=O) groups is 3. The van der Waals surface area contributed by atoms with Gasteiger partial charge in [0.25, 0.3) is 0 Å². The van der Waals surface area contributed by atoms with Crippen molar-refractivity contribution in [1.82, 2.24) is 5.32 Å². The molecular formula is C22H31N3O4. The Kier molecular flexibility index (Phi) is 7.49. The van der Waals surface area contributed by atoms with Crippen molar-refractivity contribution in [1.29, 1.82) is 0 Å². The molecule has 0 spiro atoms. The Morgan fingerprint density at radius 3 is 2.62 bits per heavy atom. The Balaban J connectivity index is 1.55. The first kappa shape index (κ1) is 21.1. The maximum atomic E-state index is 12.3. The average molecular weight is 402 g/mol. The van der Waals surface area contributed by atoms with Crippen LogP contribution in [0.15, 0.2) is 18.2 Å². The largest absolute Gasteiger partial charge is 0.495 e. The molecule has 3 rings (SSSR count). The lowest BCUT2D eigenvalue weighted by Crippen LogP contribution is -2.36. The molecule has 3 amide bonds. The van der Waals surface area contributed by atoms with E-state index in [1.54, 1.807) is 30.2 Å². The SMILES string of the molecule is COc1ccc(NC(=O)CNC(=O)CC2CCCCC2)cc1N1CCCCC1=O. The van der Waals surface area contributed by atoms with Crippen molar-refractivity contribution in [2.45, 2.75) is 57.8 Å². The van der Waals surface area contributed by atoms with Gasteiger partial charge in [-0.25, -0.2) is 0 Å². The molecule has 0 aromatic heterocycles. The van der Waals surface area contributed by atoms with Crippen LogP contribution in [0, 0.1) is 5.92 Å². The monoisotopic (exact) mass is 401 g/mol. The van der Waals surface area contributed by atoms with Gasteiger partial charge in [-0.3, -0.25) is 14.4 Å². The molecule has 1 saturated carbocycles. The quantitative estimate of drug-likeness (QED) is 0.734. The molecule has 7 heteroatoms. The lowest BCUT2D eigenvalue weighted by molar-refractivity contribution is -0.125. The number of hydrogen-bond donors (Lipinski definition) is 2. The minimum Gasteiger partial charge on any atom is -0.495 e. The van der Waals surface area contributed by atoms with Crippen LogP contribution in [0.25, 0.3) is 0 Å². The molecule has 1 saturated heterocycles. The van der Waals surface area contributed by atoms with Gasteiger partial charge in [0, 0.05) is 25.1 Å². The number of piperidine rings is 1. The Bertz CT molecular complexity index is 744. The van der Waals surface area contributed by atoms with Crippen molar-refractivity contribution in [3.8, 4) is 5.75 Å². The average Bonchev–Trinajstić information content (AvgIpc) is 2.73. The zero-order valence-corrected chi connectivity index (χ0v) is 17.2. The van der Waals surface area contributed by atoms with Gasteiger partial charge in [-0.1, -0.05) is 19.3 Å². The van der Waals surface area contributed by atoms with Gasteiger partial charge in [-0.15, -0.1) is 0 Å². The van der Waals surface area contributed by atoms with Gasteiger partial charge in [0.15, 0.2) is 0 Å². The van der Waals surface area contributed by atoms with Crippen LogP contribution < -0.4 is 20.3 Å². The van der Waals surface area contributed by atoms with E-state index in [9.17, 15) is 14.4 Å². The predicted molar refractivity (Wildman–Crippen MR) is 112 cm³/mol. The highest BCUT2D eigenvalue weighted by molar-refractivity contribution is 5.98. The van der Waals surface area contributed by atoms with Crippen molar-refractivity contribution in [2.24, 2.45) is 5.92 Å². The molecule has 1 heterocycles. The zero-order valence-electron chi connectivity index (χ0n) is 17.2. The number of rotatable bonds is 7. The van der Waals surface area contributed by atoms with E-state index in [1.165, 1.54) is 19.3 Å². The van der Waals surface area contributed by atoms with E-state index >= 15 is 0 Å². The fourth-order valence-electron chi connectivity index (χ4n) is 4.15. The second-order valence-corrected chi connectivity index (χ2v) is 7.92. The van der Waals surface area contributed by atoms with Crippen molar-refractivity contribution in [2.75, 3.05) is 30.4 Å². The van der Waals surface area contributed by atoms with E-state index in [-0.39, 0.29) is 24.3 Å². The number of benzene rings is 1. The number of nitrogens with zero attached hydrogens (tertiary/aromatic N) is 1. The van der Waals surface area contributed by atoms with E-state index in [1.807, 2.05) is 0 Å². The van der Waals surface area contributed by atoms with Crippen LogP contribution in [0.5, 0.6) is 5.75 Å². The second kappa shape index (κ2) is 10.3. The van der Waals surface area contributed by atoms with E-state index < -0.39 is 0 Å². The third kappa shape index (κ3) is 5.95. The number of methoxy groups -OCH3 is 1. The van der Waals surface area contributed by atoms with Gasteiger partial charge in [-0.2, -0.15) is 0 Å². The Morgan fingerprint density at radius 1 is 1.10 bits per heavy atom. The van der Waals surface area contributed by atoms with E-state index in [4.69, 9.17) is 4.74 Å². The van der Waals surface area contributed by atoms with Gasteiger partial charge >= 0.3 is 0 Å². The molecule has 2 N–H and O–H groups in total. The third-order valence-electron chi connectivity index (χ3n) is 5.72. The third-order valence-corrected chi connectivity index (χ3v) is 5.72. The van der Waals surface area contributed by atoms with Crippen LogP contribution in [0.1, 0.15) is 57.8 Å². The maximum Gasteiger partial charge on any atom is 0.243 e. The highest BCUT2D eigenvalue weighted by atomic mass is 16.5. The number of ether oxygens (including phenoxy) is 1. The highest BCUT2D eigenvalue weighted by Gasteiger charge is 2.23. The molecule has 1 aliphatic heterocycles.